The number of fused-ring (bicyclic) bond motifs is 1. The summed E-state index contributed by atoms with van der Waals surface area (Å²) >= 11 is 1.18. The predicted molar refractivity (Wildman–Crippen MR) is 58.5 cm³/mol. The van der Waals surface area contributed by atoms with Crippen molar-refractivity contribution in [2.75, 3.05) is 5.73 Å². The van der Waals surface area contributed by atoms with E-state index in [0.29, 0.717) is 15.5 Å². The molecule has 2 aromatic rings. The molecule has 0 aliphatic heterocycles. The lowest BCUT2D eigenvalue weighted by Gasteiger charge is -1.95. The minimum absolute atomic E-state index is 0.0685. The molecule has 2 aromatic heterocycles. The molecule has 0 saturated carbocycles. The lowest BCUT2D eigenvalue weighted by molar-refractivity contribution is 0.102. The van der Waals surface area contributed by atoms with Crippen LogP contribution in [-0.4, -0.2) is 15.2 Å². The van der Waals surface area contributed by atoms with Gasteiger partial charge in [-0.25, -0.2) is 4.98 Å². The van der Waals surface area contributed by atoms with Crippen LogP contribution in [0.3, 0.4) is 0 Å². The summed E-state index contributed by atoms with van der Waals surface area (Å²) in [4.78, 5) is 27.9. The van der Waals surface area contributed by atoms with Gasteiger partial charge in [0.1, 0.15) is 5.82 Å². The smallest absolute Gasteiger partial charge is 0.260 e. The molecule has 0 radical (unpaired) electrons. The van der Waals surface area contributed by atoms with Crippen LogP contribution in [0.2, 0.25) is 0 Å². The van der Waals surface area contributed by atoms with Crippen molar-refractivity contribution in [2.24, 2.45) is 0 Å². The zero-order valence-electron chi connectivity index (χ0n) is 8.27. The Morgan fingerprint density at radius 1 is 1.60 bits per heavy atom. The van der Waals surface area contributed by atoms with Crippen molar-refractivity contribution in [1.82, 2.24) is 9.38 Å². The number of nitrogens with zero attached hydrogens (tertiary/aromatic N) is 2. The number of rotatable bonds is 1. The molecule has 0 aliphatic rings. The van der Waals surface area contributed by atoms with Crippen LogP contribution in [0.5, 0.6) is 0 Å². The second-order valence-corrected chi connectivity index (χ2v) is 4.19. The van der Waals surface area contributed by atoms with E-state index < -0.39 is 0 Å². The molecule has 78 valence electrons. The number of Topliss-reactive ketones (excluding diaryl/α,β-unsaturated/α-hetero) is 1. The molecule has 0 aliphatic carbocycles. The van der Waals surface area contributed by atoms with Crippen molar-refractivity contribution in [3.8, 4) is 0 Å². The molecule has 2 rings (SSSR count). The van der Waals surface area contributed by atoms with Crippen molar-refractivity contribution < 1.29 is 4.79 Å². The number of ketones is 1. The van der Waals surface area contributed by atoms with Crippen LogP contribution in [0.1, 0.15) is 22.3 Å². The van der Waals surface area contributed by atoms with Crippen LogP contribution in [-0.2, 0) is 0 Å². The fraction of sp³-hybridized carbons (Fsp3) is 0.222. The number of aromatic nitrogens is 2. The van der Waals surface area contributed by atoms with Crippen LogP contribution in [0, 0.1) is 6.92 Å². The lowest BCUT2D eigenvalue weighted by atomic mass is 10.3. The summed E-state index contributed by atoms with van der Waals surface area (Å²) in [5.74, 6) is 0.109. The maximum absolute atomic E-state index is 11.6. The van der Waals surface area contributed by atoms with Gasteiger partial charge in [0.15, 0.2) is 10.7 Å². The van der Waals surface area contributed by atoms with Crippen LogP contribution in [0.25, 0.3) is 4.96 Å². The van der Waals surface area contributed by atoms with Crippen LogP contribution >= 0.6 is 11.3 Å². The topological polar surface area (TPSA) is 77.5 Å². The normalized spacial score (nSPS) is 10.8. The van der Waals surface area contributed by atoms with Crippen LogP contribution in [0.15, 0.2) is 10.9 Å². The summed E-state index contributed by atoms with van der Waals surface area (Å²) in [6.45, 7) is 3.19. The lowest BCUT2D eigenvalue weighted by Crippen LogP contribution is -2.15. The molecule has 0 saturated heterocycles. The van der Waals surface area contributed by atoms with E-state index >= 15 is 0 Å². The molecule has 0 atom stereocenters. The highest BCUT2D eigenvalue weighted by atomic mass is 32.1. The Balaban J connectivity index is 2.94. The van der Waals surface area contributed by atoms with Crippen molar-refractivity contribution in [3.05, 3.63) is 27.0 Å². The number of carbonyl (C=O) groups is 1. The summed E-state index contributed by atoms with van der Waals surface area (Å²) in [6.07, 6.45) is 0. The van der Waals surface area contributed by atoms with Gasteiger partial charge < -0.3 is 5.73 Å². The first-order chi connectivity index (χ1) is 7.00. The first kappa shape index (κ1) is 9.85. The van der Waals surface area contributed by atoms with Gasteiger partial charge in [-0.1, -0.05) is 11.3 Å². The molecule has 0 aromatic carbocycles. The summed E-state index contributed by atoms with van der Waals surface area (Å²) in [7, 11) is 0. The standard InChI is InChI=1S/C9H9N3O2S/c1-4-8(5(2)13)15-9-11-6(10)3-7(14)12(4)9/h3H,10H2,1-2H3. The fourth-order valence-electron chi connectivity index (χ4n) is 1.45. The predicted octanol–water partition coefficient (Wildman–Crippen LogP) is 0.849. The third-order valence-electron chi connectivity index (χ3n) is 2.08. The monoisotopic (exact) mass is 223 g/mol. The summed E-state index contributed by atoms with van der Waals surface area (Å²) in [6, 6.07) is 1.25. The zero-order chi connectivity index (χ0) is 11.2. The third-order valence-corrected chi connectivity index (χ3v) is 3.33. The highest BCUT2D eigenvalue weighted by Crippen LogP contribution is 2.20. The van der Waals surface area contributed by atoms with Gasteiger partial charge in [0.05, 0.1) is 4.88 Å². The highest BCUT2D eigenvalue weighted by molar-refractivity contribution is 7.19. The number of anilines is 1. The summed E-state index contributed by atoms with van der Waals surface area (Å²) in [5, 5.41) is 0. The molecular formula is C9H9N3O2S. The SMILES string of the molecule is CC(=O)c1sc2nc(N)cc(=O)n2c1C. The molecule has 0 unspecified atom stereocenters. The molecule has 0 fully saturated rings. The van der Waals surface area contributed by atoms with E-state index in [4.69, 9.17) is 5.73 Å². The van der Waals surface area contributed by atoms with Gasteiger partial charge in [0.2, 0.25) is 0 Å². The summed E-state index contributed by atoms with van der Waals surface area (Å²) in [5.41, 5.74) is 5.83. The van der Waals surface area contributed by atoms with Gasteiger partial charge in [0.25, 0.3) is 5.56 Å². The quantitative estimate of drug-likeness (QED) is 0.727. The number of aryl methyl sites for hydroxylation is 1. The zero-order valence-corrected chi connectivity index (χ0v) is 9.09. The minimum atomic E-state index is -0.251. The van der Waals surface area contributed by atoms with E-state index in [-0.39, 0.29) is 17.2 Å². The maximum atomic E-state index is 11.6. The second kappa shape index (κ2) is 3.16. The van der Waals surface area contributed by atoms with Gasteiger partial charge in [-0.3, -0.25) is 14.0 Å². The Morgan fingerprint density at radius 3 is 2.87 bits per heavy atom. The van der Waals surface area contributed by atoms with E-state index in [1.54, 1.807) is 6.92 Å². The van der Waals surface area contributed by atoms with Crippen molar-refractivity contribution in [1.29, 1.82) is 0 Å². The van der Waals surface area contributed by atoms with E-state index in [9.17, 15) is 9.59 Å². The van der Waals surface area contributed by atoms with Gasteiger partial charge >= 0.3 is 0 Å². The van der Waals surface area contributed by atoms with Crippen LogP contribution in [0.4, 0.5) is 5.82 Å². The Morgan fingerprint density at radius 2 is 2.27 bits per heavy atom. The maximum Gasteiger partial charge on any atom is 0.260 e. The number of nitrogen functional groups attached to an aromatic ring is 1. The molecule has 15 heavy (non-hydrogen) atoms. The molecular weight excluding hydrogens is 214 g/mol. The van der Waals surface area contributed by atoms with Gasteiger partial charge in [-0.2, -0.15) is 0 Å². The number of hydrogen-bond acceptors (Lipinski definition) is 5. The van der Waals surface area contributed by atoms with E-state index in [2.05, 4.69) is 4.98 Å². The first-order valence-electron chi connectivity index (χ1n) is 4.30. The number of carbonyl (C=O) groups excluding carboxylic acids is 1. The number of hydrogen-bond donors (Lipinski definition) is 1. The van der Waals surface area contributed by atoms with Gasteiger partial charge in [-0.05, 0) is 6.92 Å². The average Bonchev–Trinajstić information content (AvgIpc) is 2.42. The molecule has 5 nitrogen and oxygen atoms in total. The average molecular weight is 223 g/mol. The molecule has 0 amide bonds. The molecule has 0 bridgehead atoms. The van der Waals surface area contributed by atoms with Crippen molar-refractivity contribution in [3.63, 3.8) is 0 Å². The summed E-state index contributed by atoms with van der Waals surface area (Å²) < 4.78 is 1.40. The van der Waals surface area contributed by atoms with E-state index in [1.165, 1.54) is 28.7 Å². The Bertz CT molecular complexity index is 612. The fourth-order valence-corrected chi connectivity index (χ4v) is 2.48. The van der Waals surface area contributed by atoms with Gasteiger partial charge in [0, 0.05) is 18.7 Å². The largest absolute Gasteiger partial charge is 0.383 e. The molecule has 6 heteroatoms. The minimum Gasteiger partial charge on any atom is -0.383 e. The third kappa shape index (κ3) is 1.42. The number of nitrogens with two attached hydrogens (primary N) is 1. The molecule has 2 heterocycles. The van der Waals surface area contributed by atoms with E-state index in [0.717, 1.165) is 0 Å². The van der Waals surface area contributed by atoms with Gasteiger partial charge in [-0.15, -0.1) is 0 Å². The molecule has 0 spiro atoms. The Labute approximate surface area is 89.2 Å². The Kier molecular flexibility index (Phi) is 2.08. The Hall–Kier alpha value is -1.69. The number of thiazole rings is 1. The molecule has 2 N–H and O–H groups in total. The van der Waals surface area contributed by atoms with E-state index in [1.807, 2.05) is 0 Å². The highest BCUT2D eigenvalue weighted by Gasteiger charge is 2.14. The van der Waals surface area contributed by atoms with Crippen molar-refractivity contribution in [2.45, 2.75) is 13.8 Å². The second-order valence-electron chi connectivity index (χ2n) is 3.21. The van der Waals surface area contributed by atoms with Crippen molar-refractivity contribution >= 4 is 27.9 Å². The van der Waals surface area contributed by atoms with Crippen LogP contribution < -0.4 is 11.3 Å². The first-order valence-corrected chi connectivity index (χ1v) is 5.12.